The topological polar surface area (TPSA) is 59.4 Å². The highest BCUT2D eigenvalue weighted by molar-refractivity contribution is 5.75. The van der Waals surface area contributed by atoms with Gasteiger partial charge in [-0.05, 0) is 5.56 Å². The minimum Gasteiger partial charge on any atom is -0.481 e. The highest BCUT2D eigenvalue weighted by Gasteiger charge is 2.38. The Morgan fingerprint density at radius 3 is 2.67 bits per heavy atom. The van der Waals surface area contributed by atoms with Gasteiger partial charge < -0.3 is 9.84 Å². The third-order valence-corrected chi connectivity index (χ3v) is 1.75. The van der Waals surface area contributed by atoms with Gasteiger partial charge in [0.2, 0.25) is 5.88 Å². The summed E-state index contributed by atoms with van der Waals surface area (Å²) in [4.78, 5) is 13.8. The lowest BCUT2D eigenvalue weighted by molar-refractivity contribution is -0.164. The second-order valence-corrected chi connectivity index (χ2v) is 2.90. The molecule has 0 radical (unpaired) electrons. The molecule has 15 heavy (non-hydrogen) atoms. The fourth-order valence-electron chi connectivity index (χ4n) is 0.968. The van der Waals surface area contributed by atoms with Crippen LogP contribution in [0.5, 0.6) is 5.88 Å². The van der Waals surface area contributed by atoms with Gasteiger partial charge in [0.05, 0.1) is 7.11 Å². The molecule has 0 saturated carbocycles. The molecule has 1 heterocycles. The summed E-state index contributed by atoms with van der Waals surface area (Å²) in [5.41, 5.74) is 0.142. The zero-order valence-electron chi connectivity index (χ0n) is 7.91. The number of hydrogen-bond acceptors (Lipinski definition) is 3. The molecule has 0 bridgehead atoms. The lowest BCUT2D eigenvalue weighted by Crippen LogP contribution is -2.30. The Labute approximate surface area is 84.5 Å². The normalized spacial score (nSPS) is 11.1. The number of rotatable bonds is 4. The lowest BCUT2D eigenvalue weighted by atomic mass is 10.1. The quantitative estimate of drug-likeness (QED) is 0.827. The molecule has 1 aromatic rings. The van der Waals surface area contributed by atoms with Gasteiger partial charge in [0.15, 0.2) is 0 Å². The van der Waals surface area contributed by atoms with Crippen molar-refractivity contribution in [3.63, 3.8) is 0 Å². The first kappa shape index (κ1) is 11.4. The van der Waals surface area contributed by atoms with E-state index < -0.39 is 18.3 Å². The first-order valence-corrected chi connectivity index (χ1v) is 4.06. The van der Waals surface area contributed by atoms with Crippen LogP contribution in [0.2, 0.25) is 0 Å². The van der Waals surface area contributed by atoms with E-state index in [1.54, 1.807) is 0 Å². The molecule has 0 aliphatic rings. The van der Waals surface area contributed by atoms with E-state index in [1.165, 1.54) is 19.2 Å². The molecule has 0 aliphatic carbocycles. The van der Waals surface area contributed by atoms with Crippen LogP contribution in [0.25, 0.3) is 0 Å². The molecule has 0 aliphatic heterocycles. The number of nitrogens with zero attached hydrogens (tertiary/aromatic N) is 1. The maximum absolute atomic E-state index is 12.8. The van der Waals surface area contributed by atoms with Gasteiger partial charge in [-0.1, -0.05) is 6.07 Å². The van der Waals surface area contributed by atoms with Crippen molar-refractivity contribution in [1.82, 2.24) is 4.98 Å². The Kier molecular flexibility index (Phi) is 3.18. The van der Waals surface area contributed by atoms with Crippen LogP contribution in [0, 0.1) is 0 Å². The number of methoxy groups -OCH3 is 1. The fourth-order valence-corrected chi connectivity index (χ4v) is 0.968. The summed E-state index contributed by atoms with van der Waals surface area (Å²) < 4.78 is 30.2. The summed E-state index contributed by atoms with van der Waals surface area (Å²) in [5, 5.41) is 8.21. The van der Waals surface area contributed by atoms with E-state index in [9.17, 15) is 13.6 Å². The van der Waals surface area contributed by atoms with Crippen LogP contribution < -0.4 is 4.74 Å². The van der Waals surface area contributed by atoms with Crippen LogP contribution in [0.3, 0.4) is 0 Å². The number of ether oxygens (including phenoxy) is 1. The Hall–Kier alpha value is -1.72. The van der Waals surface area contributed by atoms with Crippen LogP contribution in [-0.2, 0) is 11.2 Å². The van der Waals surface area contributed by atoms with E-state index in [0.717, 1.165) is 6.20 Å². The van der Waals surface area contributed by atoms with Gasteiger partial charge in [0, 0.05) is 18.7 Å². The van der Waals surface area contributed by atoms with E-state index in [0.29, 0.717) is 0 Å². The minimum absolute atomic E-state index is 0.142. The van der Waals surface area contributed by atoms with Crippen LogP contribution in [-0.4, -0.2) is 29.1 Å². The second-order valence-electron chi connectivity index (χ2n) is 2.90. The molecule has 0 aromatic carbocycles. The van der Waals surface area contributed by atoms with Crippen molar-refractivity contribution in [3.05, 3.63) is 23.9 Å². The van der Waals surface area contributed by atoms with Crippen LogP contribution >= 0.6 is 0 Å². The third kappa shape index (κ3) is 2.87. The molecule has 0 fully saturated rings. The molecule has 1 N–H and O–H groups in total. The molecule has 0 saturated heterocycles. The zero-order valence-corrected chi connectivity index (χ0v) is 7.91. The number of aromatic nitrogens is 1. The number of hydrogen-bond donors (Lipinski definition) is 1. The predicted molar refractivity (Wildman–Crippen MR) is 47.1 cm³/mol. The Balaban J connectivity index is 2.77. The first-order chi connectivity index (χ1) is 6.95. The van der Waals surface area contributed by atoms with Gasteiger partial charge in [-0.2, -0.15) is 8.78 Å². The van der Waals surface area contributed by atoms with Crippen molar-refractivity contribution in [2.75, 3.05) is 7.11 Å². The Bertz CT molecular complexity index is 351. The van der Waals surface area contributed by atoms with Gasteiger partial charge in [-0.15, -0.1) is 0 Å². The molecule has 0 unspecified atom stereocenters. The smallest absolute Gasteiger partial charge is 0.374 e. The van der Waals surface area contributed by atoms with Gasteiger partial charge in [-0.25, -0.2) is 9.78 Å². The number of carboxylic acids is 1. The molecule has 82 valence electrons. The van der Waals surface area contributed by atoms with Gasteiger partial charge >= 0.3 is 11.9 Å². The predicted octanol–water partition coefficient (Wildman–Crippen LogP) is 1.35. The van der Waals surface area contributed by atoms with Crippen LogP contribution in [0.4, 0.5) is 8.78 Å². The molecule has 0 atom stereocenters. The zero-order chi connectivity index (χ0) is 11.5. The fraction of sp³-hybridized carbons (Fsp3) is 0.333. The molecule has 0 spiro atoms. The largest absolute Gasteiger partial charge is 0.481 e. The van der Waals surface area contributed by atoms with Crippen molar-refractivity contribution in [3.8, 4) is 5.88 Å². The molecule has 1 aromatic heterocycles. The summed E-state index contributed by atoms with van der Waals surface area (Å²) in [5.74, 6) is -5.62. The van der Waals surface area contributed by atoms with Crippen molar-refractivity contribution in [2.24, 2.45) is 0 Å². The van der Waals surface area contributed by atoms with Crippen molar-refractivity contribution < 1.29 is 23.4 Å². The van der Waals surface area contributed by atoms with Crippen molar-refractivity contribution >= 4 is 5.97 Å². The highest BCUT2D eigenvalue weighted by Crippen LogP contribution is 2.20. The number of carboxylic acid groups (broad SMARTS) is 1. The maximum Gasteiger partial charge on any atom is 0.374 e. The second kappa shape index (κ2) is 4.20. The van der Waals surface area contributed by atoms with Gasteiger partial charge in [0.25, 0.3) is 0 Å². The summed E-state index contributed by atoms with van der Waals surface area (Å²) in [6, 6.07) is 2.75. The van der Waals surface area contributed by atoms with Crippen LogP contribution in [0.1, 0.15) is 5.56 Å². The van der Waals surface area contributed by atoms with E-state index in [1.807, 2.05) is 0 Å². The van der Waals surface area contributed by atoms with E-state index >= 15 is 0 Å². The maximum atomic E-state index is 12.8. The monoisotopic (exact) mass is 217 g/mol. The number of halogens is 2. The van der Waals surface area contributed by atoms with Gasteiger partial charge in [0.1, 0.15) is 0 Å². The third-order valence-electron chi connectivity index (χ3n) is 1.75. The number of carbonyl (C=O) groups is 1. The number of aliphatic carboxylic acids is 1. The van der Waals surface area contributed by atoms with Crippen molar-refractivity contribution in [1.29, 1.82) is 0 Å². The molecular weight excluding hydrogens is 208 g/mol. The van der Waals surface area contributed by atoms with E-state index in [2.05, 4.69) is 4.98 Å². The highest BCUT2D eigenvalue weighted by atomic mass is 19.3. The number of alkyl halides is 2. The summed E-state index contributed by atoms with van der Waals surface area (Å²) in [6.07, 6.45) is 0.287. The van der Waals surface area contributed by atoms with Crippen molar-refractivity contribution in [2.45, 2.75) is 12.3 Å². The minimum atomic E-state index is -3.77. The Morgan fingerprint density at radius 2 is 2.27 bits per heavy atom. The SMILES string of the molecule is COc1ccc(CC(F)(F)C(=O)O)cn1. The molecule has 6 heteroatoms. The average Bonchev–Trinajstić information content (AvgIpc) is 2.18. The van der Waals surface area contributed by atoms with E-state index in [4.69, 9.17) is 9.84 Å². The summed E-state index contributed by atoms with van der Waals surface area (Å²) in [7, 11) is 1.40. The molecule has 0 amide bonds. The number of pyridine rings is 1. The van der Waals surface area contributed by atoms with E-state index in [-0.39, 0.29) is 11.4 Å². The first-order valence-electron chi connectivity index (χ1n) is 4.06. The molecule has 4 nitrogen and oxygen atoms in total. The Morgan fingerprint density at radius 1 is 1.60 bits per heavy atom. The standard InChI is InChI=1S/C9H9F2NO3/c1-15-7-3-2-6(5-12-7)4-9(10,11)8(13)14/h2-3,5H,4H2,1H3,(H,13,14). The lowest BCUT2D eigenvalue weighted by Gasteiger charge is -2.10. The average molecular weight is 217 g/mol. The van der Waals surface area contributed by atoms with Gasteiger partial charge in [-0.3, -0.25) is 0 Å². The molecule has 1 rings (SSSR count). The molecular formula is C9H9F2NO3. The van der Waals surface area contributed by atoms with Crippen LogP contribution in [0.15, 0.2) is 18.3 Å². The summed E-state index contributed by atoms with van der Waals surface area (Å²) in [6.45, 7) is 0. The summed E-state index contributed by atoms with van der Waals surface area (Å²) >= 11 is 0.